The van der Waals surface area contributed by atoms with Crippen molar-refractivity contribution < 1.29 is 0 Å². The molecule has 0 bridgehead atoms. The Morgan fingerprint density at radius 1 is 1.09 bits per heavy atom. The third kappa shape index (κ3) is 3.30. The molecule has 2 N–H and O–H groups in total. The van der Waals surface area contributed by atoms with Crippen molar-refractivity contribution in [2.24, 2.45) is 11.7 Å². The summed E-state index contributed by atoms with van der Waals surface area (Å²) < 4.78 is 1.88. The molecule has 118 valence electrons. The predicted molar refractivity (Wildman–Crippen MR) is 93.1 cm³/mol. The molecule has 3 nitrogen and oxygen atoms in total. The molecule has 0 fully saturated rings. The molecule has 1 heterocycles. The van der Waals surface area contributed by atoms with Gasteiger partial charge in [0, 0.05) is 23.7 Å². The molecule has 2 rings (SSSR count). The van der Waals surface area contributed by atoms with E-state index in [0.29, 0.717) is 18.0 Å². The molecule has 0 saturated heterocycles. The highest BCUT2D eigenvalue weighted by atomic mass is 16.1. The summed E-state index contributed by atoms with van der Waals surface area (Å²) in [7, 11) is 0. The van der Waals surface area contributed by atoms with E-state index in [2.05, 4.69) is 45.9 Å². The number of aromatic nitrogens is 1. The van der Waals surface area contributed by atoms with Crippen LogP contribution in [0.5, 0.6) is 0 Å². The Morgan fingerprint density at radius 3 is 2.36 bits per heavy atom. The lowest BCUT2D eigenvalue weighted by Gasteiger charge is -2.19. The van der Waals surface area contributed by atoms with Crippen molar-refractivity contribution in [3.63, 3.8) is 0 Å². The van der Waals surface area contributed by atoms with Crippen molar-refractivity contribution in [1.29, 1.82) is 0 Å². The van der Waals surface area contributed by atoms with Gasteiger partial charge in [-0.05, 0) is 50.5 Å². The Kier molecular flexibility index (Phi) is 4.87. The lowest BCUT2D eigenvalue weighted by Crippen LogP contribution is -2.29. The quantitative estimate of drug-likeness (QED) is 0.933. The summed E-state index contributed by atoms with van der Waals surface area (Å²) in [4.78, 5) is 12.8. The van der Waals surface area contributed by atoms with Gasteiger partial charge in [0.05, 0.1) is 5.69 Å². The molecular weight excluding hydrogens is 272 g/mol. The number of rotatable bonds is 4. The Morgan fingerprint density at radius 2 is 1.77 bits per heavy atom. The zero-order valence-corrected chi connectivity index (χ0v) is 14.2. The summed E-state index contributed by atoms with van der Waals surface area (Å²) in [6, 6.07) is 10.0. The Balaban J connectivity index is 2.72. The van der Waals surface area contributed by atoms with Crippen molar-refractivity contribution in [2.75, 3.05) is 0 Å². The number of nitrogens with two attached hydrogens (primary N) is 1. The average Bonchev–Trinajstić information content (AvgIpc) is 2.43. The second-order valence-electron chi connectivity index (χ2n) is 6.59. The monoisotopic (exact) mass is 298 g/mol. The van der Waals surface area contributed by atoms with Crippen LogP contribution < -0.4 is 11.3 Å². The molecular formula is C19H26N2O. The summed E-state index contributed by atoms with van der Waals surface area (Å²) in [5.41, 5.74) is 11.1. The molecule has 0 saturated carbocycles. The second-order valence-corrected chi connectivity index (χ2v) is 6.59. The molecule has 0 amide bonds. The van der Waals surface area contributed by atoms with Crippen molar-refractivity contribution in [1.82, 2.24) is 4.57 Å². The van der Waals surface area contributed by atoms with E-state index in [4.69, 9.17) is 5.73 Å². The minimum atomic E-state index is -0.251. The fourth-order valence-corrected chi connectivity index (χ4v) is 2.74. The number of aryl methyl sites for hydroxylation is 2. The molecule has 0 aliphatic heterocycles. The van der Waals surface area contributed by atoms with Crippen molar-refractivity contribution >= 4 is 0 Å². The Bertz CT molecular complexity index is 727. The van der Waals surface area contributed by atoms with Crippen LogP contribution in [0, 0.1) is 19.8 Å². The van der Waals surface area contributed by atoms with Crippen LogP contribution in [0.4, 0.5) is 0 Å². The van der Waals surface area contributed by atoms with Crippen molar-refractivity contribution in [2.45, 2.75) is 47.2 Å². The highest BCUT2D eigenvalue weighted by molar-refractivity contribution is 5.65. The first kappa shape index (κ1) is 16.5. The number of nitrogens with zero attached hydrogens (tertiary/aromatic N) is 1. The normalized spacial score (nSPS) is 12.7. The van der Waals surface area contributed by atoms with E-state index in [1.165, 1.54) is 11.1 Å². The van der Waals surface area contributed by atoms with Gasteiger partial charge in [-0.15, -0.1) is 0 Å². The van der Waals surface area contributed by atoms with Gasteiger partial charge in [-0.2, -0.15) is 0 Å². The average molecular weight is 298 g/mol. The van der Waals surface area contributed by atoms with Crippen LogP contribution in [-0.4, -0.2) is 4.57 Å². The Labute approximate surface area is 132 Å². The van der Waals surface area contributed by atoms with E-state index in [9.17, 15) is 4.79 Å². The van der Waals surface area contributed by atoms with Crippen LogP contribution in [0.15, 0.2) is 35.1 Å². The molecule has 2 aromatic rings. The highest BCUT2D eigenvalue weighted by Crippen LogP contribution is 2.25. The van der Waals surface area contributed by atoms with Gasteiger partial charge in [0.2, 0.25) is 0 Å². The number of hydrogen-bond acceptors (Lipinski definition) is 2. The van der Waals surface area contributed by atoms with Gasteiger partial charge in [0.25, 0.3) is 5.56 Å². The van der Waals surface area contributed by atoms with Crippen LogP contribution in [-0.2, 0) is 6.54 Å². The molecule has 0 aliphatic rings. The summed E-state index contributed by atoms with van der Waals surface area (Å²) in [5, 5.41) is 0. The molecule has 0 radical (unpaired) electrons. The fraction of sp³-hybridized carbons (Fsp3) is 0.421. The van der Waals surface area contributed by atoms with Gasteiger partial charge >= 0.3 is 0 Å². The van der Waals surface area contributed by atoms with Gasteiger partial charge < -0.3 is 10.3 Å². The van der Waals surface area contributed by atoms with Gasteiger partial charge in [0.15, 0.2) is 0 Å². The van der Waals surface area contributed by atoms with Crippen LogP contribution in [0.1, 0.15) is 43.5 Å². The molecule has 1 aromatic carbocycles. The van der Waals surface area contributed by atoms with Gasteiger partial charge in [-0.1, -0.05) is 31.5 Å². The molecule has 1 aromatic heterocycles. The molecule has 3 heteroatoms. The van der Waals surface area contributed by atoms with Crippen LogP contribution >= 0.6 is 0 Å². The van der Waals surface area contributed by atoms with Gasteiger partial charge in [-0.25, -0.2) is 0 Å². The highest BCUT2D eigenvalue weighted by Gasteiger charge is 2.15. The fourth-order valence-electron chi connectivity index (χ4n) is 2.74. The molecule has 1 unspecified atom stereocenters. The minimum absolute atomic E-state index is 0.0297. The smallest absolute Gasteiger partial charge is 0.255 e. The lowest BCUT2D eigenvalue weighted by molar-refractivity contribution is 0.510. The summed E-state index contributed by atoms with van der Waals surface area (Å²) in [6.45, 7) is 11.0. The molecule has 22 heavy (non-hydrogen) atoms. The van der Waals surface area contributed by atoms with Crippen LogP contribution in [0.2, 0.25) is 0 Å². The van der Waals surface area contributed by atoms with Crippen molar-refractivity contribution in [3.05, 3.63) is 57.4 Å². The molecule has 0 spiro atoms. The lowest BCUT2D eigenvalue weighted by atomic mass is 10.00. The zero-order chi connectivity index (χ0) is 16.4. The topological polar surface area (TPSA) is 48.0 Å². The second kappa shape index (κ2) is 6.49. The van der Waals surface area contributed by atoms with E-state index in [0.717, 1.165) is 11.3 Å². The maximum Gasteiger partial charge on any atom is 0.255 e. The van der Waals surface area contributed by atoms with E-state index in [-0.39, 0.29) is 11.6 Å². The summed E-state index contributed by atoms with van der Waals surface area (Å²) in [6.07, 6.45) is 0. The molecule has 0 aliphatic carbocycles. The van der Waals surface area contributed by atoms with Crippen molar-refractivity contribution in [3.8, 4) is 11.3 Å². The first-order chi connectivity index (χ1) is 10.3. The number of hydrogen-bond donors (Lipinski definition) is 1. The van der Waals surface area contributed by atoms with E-state index in [1.54, 1.807) is 0 Å². The maximum atomic E-state index is 12.8. The third-order valence-corrected chi connectivity index (χ3v) is 3.91. The first-order valence-corrected chi connectivity index (χ1v) is 7.88. The first-order valence-electron chi connectivity index (χ1n) is 7.88. The zero-order valence-electron chi connectivity index (χ0n) is 14.2. The van der Waals surface area contributed by atoms with E-state index < -0.39 is 0 Å². The molecule has 1 atom stereocenters. The SMILES string of the molecule is Cc1ccc(C)c(-c2ccc(C(C)N)c(=O)n2CC(C)C)c1. The van der Waals surface area contributed by atoms with E-state index in [1.807, 2.05) is 23.6 Å². The summed E-state index contributed by atoms with van der Waals surface area (Å²) in [5.74, 6) is 0.393. The Hall–Kier alpha value is -1.87. The number of benzene rings is 1. The van der Waals surface area contributed by atoms with Crippen LogP contribution in [0.3, 0.4) is 0 Å². The maximum absolute atomic E-state index is 12.8. The van der Waals surface area contributed by atoms with Gasteiger partial charge in [-0.3, -0.25) is 4.79 Å². The third-order valence-electron chi connectivity index (χ3n) is 3.91. The van der Waals surface area contributed by atoms with Gasteiger partial charge in [0.1, 0.15) is 0 Å². The minimum Gasteiger partial charge on any atom is -0.324 e. The van der Waals surface area contributed by atoms with E-state index >= 15 is 0 Å². The standard InChI is InChI=1S/C19H26N2O/c1-12(2)11-21-18(9-8-16(15(5)20)19(21)22)17-10-13(3)6-7-14(17)4/h6-10,12,15H,11,20H2,1-5H3. The number of pyridine rings is 1. The summed E-state index contributed by atoms with van der Waals surface area (Å²) >= 11 is 0. The largest absolute Gasteiger partial charge is 0.324 e. The van der Waals surface area contributed by atoms with Crippen LogP contribution in [0.25, 0.3) is 11.3 Å². The predicted octanol–water partition coefficient (Wildman–Crippen LogP) is 3.81.